The molecule has 1 unspecified atom stereocenters. The zero-order valence-electron chi connectivity index (χ0n) is 22.6. The summed E-state index contributed by atoms with van der Waals surface area (Å²) in [5, 5.41) is 10.4. The van der Waals surface area contributed by atoms with Gasteiger partial charge in [0.15, 0.2) is 0 Å². The van der Waals surface area contributed by atoms with E-state index < -0.39 is 22.1 Å². The van der Waals surface area contributed by atoms with Crippen LogP contribution in [-0.2, 0) is 10.0 Å². The Morgan fingerprint density at radius 1 is 1.00 bits per heavy atom. The van der Waals surface area contributed by atoms with Gasteiger partial charge in [-0.05, 0) is 78.9 Å². The van der Waals surface area contributed by atoms with Gasteiger partial charge in [0.1, 0.15) is 28.9 Å². The molecule has 1 saturated heterocycles. The number of nitrogens with zero attached hydrogens (tertiary/aromatic N) is 1. The van der Waals surface area contributed by atoms with Crippen molar-refractivity contribution in [1.29, 1.82) is 0 Å². The van der Waals surface area contributed by atoms with E-state index in [0.29, 0.717) is 54.9 Å². The molecule has 0 spiro atoms. The first kappa shape index (κ1) is 29.7. The smallest absolute Gasteiger partial charge is 0.339 e. The van der Waals surface area contributed by atoms with Crippen molar-refractivity contribution in [2.75, 3.05) is 26.3 Å². The van der Waals surface area contributed by atoms with Gasteiger partial charge in [-0.3, -0.25) is 0 Å². The number of rotatable bonds is 12. The average Bonchev–Trinajstić information content (AvgIpc) is 2.94. The van der Waals surface area contributed by atoms with Crippen LogP contribution < -0.4 is 14.2 Å². The Morgan fingerprint density at radius 2 is 1.68 bits per heavy atom. The number of hydrogen-bond acceptors (Lipinski definition) is 6. The summed E-state index contributed by atoms with van der Waals surface area (Å²) in [6.45, 7) is 5.37. The molecule has 0 aliphatic carbocycles. The molecule has 40 heavy (non-hydrogen) atoms. The molecule has 1 heterocycles. The fourth-order valence-electron chi connectivity index (χ4n) is 4.42. The summed E-state index contributed by atoms with van der Waals surface area (Å²) in [4.78, 5) is 12.2. The lowest BCUT2D eigenvalue weighted by Gasteiger charge is -2.32. The van der Waals surface area contributed by atoms with E-state index in [1.807, 2.05) is 12.1 Å². The SMILES string of the molecule is CC(C)c1ccc(S(=O)(=O)N2CCCC(Oc3ccc(OCCCOc4ccc(Cl)cc4)c(C(=O)O)c3)C2)cc1. The Balaban J connectivity index is 1.34. The molecule has 3 aromatic carbocycles. The Morgan fingerprint density at radius 3 is 2.35 bits per heavy atom. The molecule has 1 aliphatic rings. The number of sulfonamides is 1. The first-order valence-electron chi connectivity index (χ1n) is 13.3. The standard InChI is InChI=1S/C30H34ClNO7S/c1-21(2)22-6-13-27(14-7-22)40(35,36)32-16-3-5-26(20-32)39-25-12-15-29(28(19-25)30(33)34)38-18-4-17-37-24-10-8-23(31)9-11-24/h6-15,19,21,26H,3-5,16-18,20H2,1-2H3,(H,33,34). The van der Waals surface area contributed by atoms with Crippen molar-refractivity contribution in [3.8, 4) is 17.2 Å². The van der Waals surface area contributed by atoms with Crippen LogP contribution in [0, 0.1) is 0 Å². The van der Waals surface area contributed by atoms with Crippen LogP contribution in [0.2, 0.25) is 5.02 Å². The highest BCUT2D eigenvalue weighted by Gasteiger charge is 2.31. The number of carbonyl (C=O) groups is 1. The lowest BCUT2D eigenvalue weighted by atomic mass is 10.0. The highest BCUT2D eigenvalue weighted by atomic mass is 35.5. The van der Waals surface area contributed by atoms with Crippen molar-refractivity contribution in [2.45, 2.75) is 50.0 Å². The van der Waals surface area contributed by atoms with E-state index >= 15 is 0 Å². The predicted octanol–water partition coefficient (Wildman–Crippen LogP) is 6.24. The van der Waals surface area contributed by atoms with Gasteiger partial charge < -0.3 is 19.3 Å². The summed E-state index contributed by atoms with van der Waals surface area (Å²) in [5.41, 5.74) is 1.05. The fraction of sp³-hybridized carbons (Fsp3) is 0.367. The zero-order chi connectivity index (χ0) is 28.7. The van der Waals surface area contributed by atoms with E-state index in [1.54, 1.807) is 48.5 Å². The van der Waals surface area contributed by atoms with E-state index in [9.17, 15) is 18.3 Å². The molecule has 1 fully saturated rings. The predicted molar refractivity (Wildman–Crippen MR) is 153 cm³/mol. The minimum atomic E-state index is -3.67. The largest absolute Gasteiger partial charge is 0.493 e. The molecule has 1 N–H and O–H groups in total. The summed E-state index contributed by atoms with van der Waals surface area (Å²) >= 11 is 5.87. The van der Waals surface area contributed by atoms with Crippen LogP contribution in [0.4, 0.5) is 0 Å². The van der Waals surface area contributed by atoms with Gasteiger partial charge in [-0.25, -0.2) is 13.2 Å². The van der Waals surface area contributed by atoms with Crippen molar-refractivity contribution in [3.05, 3.63) is 82.9 Å². The van der Waals surface area contributed by atoms with Crippen LogP contribution in [0.25, 0.3) is 0 Å². The Bertz CT molecular complexity index is 1390. The molecule has 1 aliphatic heterocycles. The number of aromatic carboxylic acids is 1. The maximum Gasteiger partial charge on any atom is 0.339 e. The number of carboxylic acid groups (broad SMARTS) is 1. The highest BCUT2D eigenvalue weighted by Crippen LogP contribution is 2.29. The molecule has 0 saturated carbocycles. The van der Waals surface area contributed by atoms with Crippen LogP contribution in [-0.4, -0.2) is 56.2 Å². The number of hydrogen-bond donors (Lipinski definition) is 1. The van der Waals surface area contributed by atoms with Crippen LogP contribution in [0.3, 0.4) is 0 Å². The topological polar surface area (TPSA) is 102 Å². The molecule has 4 rings (SSSR count). The quantitative estimate of drug-likeness (QED) is 0.250. The molecule has 0 bridgehead atoms. The number of halogens is 1. The minimum Gasteiger partial charge on any atom is -0.493 e. The van der Waals surface area contributed by atoms with E-state index in [4.69, 9.17) is 25.8 Å². The monoisotopic (exact) mass is 587 g/mol. The number of ether oxygens (including phenoxy) is 3. The summed E-state index contributed by atoms with van der Waals surface area (Å²) in [7, 11) is -3.67. The molecule has 0 radical (unpaired) electrons. The van der Waals surface area contributed by atoms with Crippen molar-refractivity contribution < 1.29 is 32.5 Å². The summed E-state index contributed by atoms with van der Waals surface area (Å²) < 4.78 is 45.4. The number of carboxylic acids is 1. The van der Waals surface area contributed by atoms with Crippen molar-refractivity contribution in [2.24, 2.45) is 0 Å². The van der Waals surface area contributed by atoms with Crippen molar-refractivity contribution in [3.63, 3.8) is 0 Å². The Labute approximate surface area is 240 Å². The lowest BCUT2D eigenvalue weighted by Crippen LogP contribution is -2.44. The van der Waals surface area contributed by atoms with Gasteiger partial charge in [0, 0.05) is 18.0 Å². The van der Waals surface area contributed by atoms with Crippen molar-refractivity contribution in [1.82, 2.24) is 4.31 Å². The van der Waals surface area contributed by atoms with Crippen LogP contribution in [0.15, 0.2) is 71.6 Å². The third kappa shape index (κ3) is 7.68. The van der Waals surface area contributed by atoms with Gasteiger partial charge in [0.05, 0.1) is 24.7 Å². The third-order valence-corrected chi connectivity index (χ3v) is 8.77. The lowest BCUT2D eigenvalue weighted by molar-refractivity contribution is 0.0690. The minimum absolute atomic E-state index is 0.0263. The second kappa shape index (κ2) is 13.4. The molecule has 1 atom stereocenters. The Hall–Kier alpha value is -3.27. The number of benzene rings is 3. The first-order valence-corrected chi connectivity index (χ1v) is 15.1. The molecule has 214 valence electrons. The molecule has 0 aromatic heterocycles. The van der Waals surface area contributed by atoms with Gasteiger partial charge in [0.25, 0.3) is 0 Å². The zero-order valence-corrected chi connectivity index (χ0v) is 24.2. The summed E-state index contributed by atoms with van der Waals surface area (Å²) in [6.07, 6.45) is 1.44. The van der Waals surface area contributed by atoms with Crippen molar-refractivity contribution >= 4 is 27.6 Å². The number of piperidine rings is 1. The molecular weight excluding hydrogens is 554 g/mol. The van der Waals surface area contributed by atoms with Crippen LogP contribution >= 0.6 is 11.6 Å². The van der Waals surface area contributed by atoms with Gasteiger partial charge >= 0.3 is 5.97 Å². The first-order chi connectivity index (χ1) is 19.1. The fourth-order valence-corrected chi connectivity index (χ4v) is 6.06. The van der Waals surface area contributed by atoms with Gasteiger partial charge in [-0.1, -0.05) is 37.6 Å². The van der Waals surface area contributed by atoms with E-state index in [1.165, 1.54) is 10.4 Å². The molecule has 10 heteroatoms. The van der Waals surface area contributed by atoms with E-state index in [2.05, 4.69) is 13.8 Å². The molecular formula is C30H34ClNO7S. The second-order valence-corrected chi connectivity index (χ2v) is 12.3. The van der Waals surface area contributed by atoms with Crippen LogP contribution in [0.5, 0.6) is 17.2 Å². The van der Waals surface area contributed by atoms with Gasteiger partial charge in [-0.2, -0.15) is 4.31 Å². The summed E-state index contributed by atoms with van der Waals surface area (Å²) in [6, 6.07) is 18.6. The van der Waals surface area contributed by atoms with E-state index in [0.717, 1.165) is 5.56 Å². The normalized spacial score (nSPS) is 16.1. The third-order valence-electron chi connectivity index (χ3n) is 6.64. The van der Waals surface area contributed by atoms with Crippen LogP contribution in [0.1, 0.15) is 54.9 Å². The molecule has 0 amide bonds. The second-order valence-electron chi connectivity index (χ2n) is 9.94. The summed E-state index contributed by atoms with van der Waals surface area (Å²) in [5.74, 6) is 0.433. The van der Waals surface area contributed by atoms with Gasteiger partial charge in [-0.15, -0.1) is 0 Å². The average molecular weight is 588 g/mol. The van der Waals surface area contributed by atoms with Gasteiger partial charge in [0.2, 0.25) is 10.0 Å². The maximum atomic E-state index is 13.3. The maximum absolute atomic E-state index is 13.3. The Kier molecular flexibility index (Phi) is 9.95. The molecule has 3 aromatic rings. The molecule has 8 nitrogen and oxygen atoms in total. The highest BCUT2D eigenvalue weighted by molar-refractivity contribution is 7.89. The van der Waals surface area contributed by atoms with E-state index in [-0.39, 0.29) is 29.4 Å².